The molecule has 1 aliphatic rings. The zero-order chi connectivity index (χ0) is 23.5. The molecule has 4 rings (SSSR count). The highest BCUT2D eigenvalue weighted by Gasteiger charge is 2.35. The molecule has 33 heavy (non-hydrogen) atoms. The van der Waals surface area contributed by atoms with Gasteiger partial charge in [-0.1, -0.05) is 23.7 Å². The number of ether oxygens (including phenoxy) is 2. The average Bonchev–Trinajstić information content (AvgIpc) is 3.24. The molecule has 2 amide bonds. The highest BCUT2D eigenvalue weighted by Crippen LogP contribution is 2.34. The van der Waals surface area contributed by atoms with Crippen molar-refractivity contribution in [3.8, 4) is 17.2 Å². The summed E-state index contributed by atoms with van der Waals surface area (Å²) in [7, 11) is 1.63. The molecule has 1 saturated heterocycles. The number of nitrogens with zero attached hydrogens (tertiary/aromatic N) is 2. The molecule has 0 unspecified atom stereocenters. The van der Waals surface area contributed by atoms with Gasteiger partial charge in [0, 0.05) is 17.1 Å². The first-order valence-corrected chi connectivity index (χ1v) is 11.5. The van der Waals surface area contributed by atoms with Gasteiger partial charge in [0.1, 0.15) is 18.1 Å². The van der Waals surface area contributed by atoms with Gasteiger partial charge in [-0.2, -0.15) is 0 Å². The third-order valence-corrected chi connectivity index (χ3v) is 6.59. The summed E-state index contributed by atoms with van der Waals surface area (Å²) in [5.41, 5.74) is 3.89. The predicted octanol–water partition coefficient (Wildman–Crippen LogP) is 5.87. The van der Waals surface area contributed by atoms with E-state index in [1.165, 1.54) is 4.90 Å². The smallest absolute Gasteiger partial charge is 0.293 e. The normalized spacial score (nSPS) is 14.9. The minimum Gasteiger partial charge on any atom is -0.497 e. The molecule has 6 nitrogen and oxygen atoms in total. The molecular formula is C25H23ClN2O4S. The summed E-state index contributed by atoms with van der Waals surface area (Å²) in [6.07, 6.45) is 1.78. The van der Waals surface area contributed by atoms with E-state index in [2.05, 4.69) is 4.57 Å². The second-order valence-electron chi connectivity index (χ2n) is 7.47. The standard InChI is InChI=1S/C25H23ClN2O4S/c1-16-14-18(17(2)28(16)19-8-10-20(31-3)11-9-19)15-23-24(29)27(25(30)33-23)12-13-32-22-7-5-4-6-21(22)26/h4-11,14-15H,12-13H2,1-3H3/b23-15-. The van der Waals surface area contributed by atoms with Gasteiger partial charge in [0.2, 0.25) is 0 Å². The molecule has 0 bridgehead atoms. The highest BCUT2D eigenvalue weighted by molar-refractivity contribution is 8.18. The minimum atomic E-state index is -0.318. The molecule has 3 aromatic rings. The molecule has 1 aliphatic heterocycles. The second-order valence-corrected chi connectivity index (χ2v) is 8.87. The lowest BCUT2D eigenvalue weighted by Gasteiger charge is -2.13. The van der Waals surface area contributed by atoms with E-state index in [1.54, 1.807) is 25.3 Å². The number of halogens is 1. The maximum absolute atomic E-state index is 12.9. The lowest BCUT2D eigenvalue weighted by Crippen LogP contribution is -2.32. The van der Waals surface area contributed by atoms with Crippen molar-refractivity contribution >= 4 is 40.6 Å². The zero-order valence-corrected chi connectivity index (χ0v) is 20.1. The number of hydrogen-bond acceptors (Lipinski definition) is 5. The first-order valence-electron chi connectivity index (χ1n) is 10.3. The van der Waals surface area contributed by atoms with E-state index >= 15 is 0 Å². The second kappa shape index (κ2) is 9.77. The van der Waals surface area contributed by atoms with E-state index in [9.17, 15) is 9.59 Å². The number of hydrogen-bond donors (Lipinski definition) is 0. The van der Waals surface area contributed by atoms with Crippen LogP contribution in [-0.2, 0) is 4.79 Å². The Kier molecular flexibility index (Phi) is 6.81. The number of aromatic nitrogens is 1. The van der Waals surface area contributed by atoms with Crippen LogP contribution in [0.5, 0.6) is 11.5 Å². The number of methoxy groups -OCH3 is 1. The maximum Gasteiger partial charge on any atom is 0.293 e. The predicted molar refractivity (Wildman–Crippen MR) is 131 cm³/mol. The van der Waals surface area contributed by atoms with Crippen LogP contribution >= 0.6 is 23.4 Å². The molecule has 0 spiro atoms. The van der Waals surface area contributed by atoms with Crippen molar-refractivity contribution in [2.75, 3.05) is 20.3 Å². The lowest BCUT2D eigenvalue weighted by atomic mass is 10.2. The number of amides is 2. The van der Waals surface area contributed by atoms with E-state index < -0.39 is 0 Å². The molecule has 1 aromatic heterocycles. The minimum absolute atomic E-state index is 0.151. The Morgan fingerprint density at radius 3 is 2.48 bits per heavy atom. The Bertz CT molecular complexity index is 1230. The van der Waals surface area contributed by atoms with E-state index in [0.717, 1.165) is 40.2 Å². The van der Waals surface area contributed by atoms with Crippen LogP contribution in [0.4, 0.5) is 4.79 Å². The molecule has 1 fully saturated rings. The third kappa shape index (κ3) is 4.79. The Morgan fingerprint density at radius 2 is 1.79 bits per heavy atom. The first-order chi connectivity index (χ1) is 15.9. The number of thioether (sulfide) groups is 1. The summed E-state index contributed by atoms with van der Waals surface area (Å²) in [5, 5.41) is 0.178. The fourth-order valence-electron chi connectivity index (χ4n) is 3.71. The fourth-order valence-corrected chi connectivity index (χ4v) is 4.75. The SMILES string of the molecule is COc1ccc(-n2c(C)cc(/C=C3\SC(=O)N(CCOc4ccccc4Cl)C3=O)c2C)cc1. The van der Waals surface area contributed by atoms with Crippen molar-refractivity contribution in [1.82, 2.24) is 9.47 Å². The van der Waals surface area contributed by atoms with Gasteiger partial charge in [-0.05, 0) is 79.7 Å². The summed E-state index contributed by atoms with van der Waals surface area (Å²) in [6.45, 7) is 4.32. The largest absolute Gasteiger partial charge is 0.497 e. The highest BCUT2D eigenvalue weighted by atomic mass is 35.5. The summed E-state index contributed by atoms with van der Waals surface area (Å²) < 4.78 is 13.0. The van der Waals surface area contributed by atoms with Crippen LogP contribution in [-0.4, -0.2) is 40.9 Å². The summed E-state index contributed by atoms with van der Waals surface area (Å²) >= 11 is 7.03. The van der Waals surface area contributed by atoms with Gasteiger partial charge in [0.05, 0.1) is 23.6 Å². The van der Waals surface area contributed by atoms with Crippen molar-refractivity contribution in [3.05, 3.63) is 81.5 Å². The van der Waals surface area contributed by atoms with Crippen LogP contribution in [0.15, 0.2) is 59.5 Å². The lowest BCUT2D eigenvalue weighted by molar-refractivity contribution is -0.123. The number of carbonyl (C=O) groups is 2. The number of para-hydroxylation sites is 1. The average molecular weight is 483 g/mol. The fraction of sp³-hybridized carbons (Fsp3) is 0.200. The molecule has 8 heteroatoms. The van der Waals surface area contributed by atoms with Gasteiger partial charge in [-0.15, -0.1) is 0 Å². The quantitative estimate of drug-likeness (QED) is 0.394. The van der Waals surface area contributed by atoms with Crippen LogP contribution in [0.2, 0.25) is 5.02 Å². The van der Waals surface area contributed by atoms with Gasteiger partial charge >= 0.3 is 0 Å². The van der Waals surface area contributed by atoms with Crippen molar-refractivity contribution in [3.63, 3.8) is 0 Å². The number of imide groups is 1. The van der Waals surface area contributed by atoms with Crippen LogP contribution in [0.25, 0.3) is 11.8 Å². The number of benzene rings is 2. The monoisotopic (exact) mass is 482 g/mol. The number of rotatable bonds is 7. The molecule has 0 aliphatic carbocycles. The van der Waals surface area contributed by atoms with Crippen molar-refractivity contribution in [1.29, 1.82) is 0 Å². The molecule has 0 atom stereocenters. The van der Waals surface area contributed by atoms with E-state index in [-0.39, 0.29) is 24.3 Å². The van der Waals surface area contributed by atoms with Gasteiger partial charge in [0.15, 0.2) is 0 Å². The van der Waals surface area contributed by atoms with E-state index in [1.807, 2.05) is 56.3 Å². The molecule has 0 N–H and O–H groups in total. The zero-order valence-electron chi connectivity index (χ0n) is 18.5. The Hall–Kier alpha value is -3.16. The van der Waals surface area contributed by atoms with Gasteiger partial charge < -0.3 is 14.0 Å². The molecule has 2 heterocycles. The van der Waals surface area contributed by atoms with Crippen molar-refractivity contribution < 1.29 is 19.1 Å². The molecule has 0 radical (unpaired) electrons. The molecule has 170 valence electrons. The Labute approximate surface area is 201 Å². The number of carbonyl (C=O) groups excluding carboxylic acids is 2. The topological polar surface area (TPSA) is 60.8 Å². The van der Waals surface area contributed by atoms with E-state index in [4.69, 9.17) is 21.1 Å². The van der Waals surface area contributed by atoms with Gasteiger partial charge in [-0.25, -0.2) is 0 Å². The van der Waals surface area contributed by atoms with Crippen molar-refractivity contribution in [2.24, 2.45) is 0 Å². The van der Waals surface area contributed by atoms with Crippen LogP contribution in [0.3, 0.4) is 0 Å². The van der Waals surface area contributed by atoms with Crippen LogP contribution in [0.1, 0.15) is 17.0 Å². The van der Waals surface area contributed by atoms with Crippen molar-refractivity contribution in [2.45, 2.75) is 13.8 Å². The van der Waals surface area contributed by atoms with Gasteiger partial charge in [-0.3, -0.25) is 14.5 Å². The Balaban J connectivity index is 1.49. The third-order valence-electron chi connectivity index (χ3n) is 5.37. The summed E-state index contributed by atoms with van der Waals surface area (Å²) in [5.74, 6) is 0.989. The van der Waals surface area contributed by atoms with Crippen LogP contribution in [0, 0.1) is 13.8 Å². The van der Waals surface area contributed by atoms with Crippen LogP contribution < -0.4 is 9.47 Å². The maximum atomic E-state index is 12.9. The molecule has 0 saturated carbocycles. The Morgan fingerprint density at radius 1 is 1.06 bits per heavy atom. The number of aryl methyl sites for hydroxylation is 1. The summed E-state index contributed by atoms with van der Waals surface area (Å²) in [6, 6.07) is 16.9. The molecule has 2 aromatic carbocycles. The molecular weight excluding hydrogens is 460 g/mol. The summed E-state index contributed by atoms with van der Waals surface area (Å²) in [4.78, 5) is 26.9. The van der Waals surface area contributed by atoms with Gasteiger partial charge in [0.25, 0.3) is 11.1 Å². The first kappa shape index (κ1) is 23.0. The van der Waals surface area contributed by atoms with E-state index in [0.29, 0.717) is 15.7 Å².